The van der Waals surface area contributed by atoms with E-state index in [1.807, 2.05) is 0 Å². The van der Waals surface area contributed by atoms with E-state index in [4.69, 9.17) is 37.0 Å². The lowest BCUT2D eigenvalue weighted by Crippen LogP contribution is -2.30. The number of aliphatic hydroxyl groups excluding tert-OH is 1. The summed E-state index contributed by atoms with van der Waals surface area (Å²) in [5.74, 6) is -0.522. The minimum absolute atomic E-state index is 0.106. The van der Waals surface area contributed by atoms with Crippen molar-refractivity contribution in [3.63, 3.8) is 0 Å². The molecule has 0 aromatic heterocycles. The molecule has 0 fully saturated rings. The van der Waals surface area contributed by atoms with Crippen molar-refractivity contribution in [2.45, 2.75) is 407 Å². The highest BCUT2D eigenvalue weighted by Crippen LogP contribution is 2.45. The van der Waals surface area contributed by atoms with Crippen LogP contribution in [0.1, 0.15) is 388 Å². The molecule has 3 N–H and O–H groups in total. The van der Waals surface area contributed by atoms with Gasteiger partial charge in [0.15, 0.2) is 12.2 Å². The van der Waals surface area contributed by atoms with Crippen molar-refractivity contribution >= 4 is 39.5 Å². The van der Waals surface area contributed by atoms with Gasteiger partial charge in [0.25, 0.3) is 0 Å². The zero-order valence-corrected chi connectivity index (χ0v) is 63.1. The molecule has 0 saturated heterocycles. The molecule has 0 spiro atoms. The van der Waals surface area contributed by atoms with Gasteiger partial charge in [-0.3, -0.25) is 37.3 Å². The summed E-state index contributed by atoms with van der Waals surface area (Å²) in [7, 11) is -9.90. The predicted octanol–water partition coefficient (Wildman–Crippen LogP) is 21.9. The maximum absolute atomic E-state index is 13.1. The molecule has 0 aliphatic carbocycles. The number of hydrogen-bond acceptors (Lipinski definition) is 15. The van der Waals surface area contributed by atoms with Crippen LogP contribution in [0.25, 0.3) is 0 Å². The number of ether oxygens (including phenoxy) is 4. The van der Waals surface area contributed by atoms with E-state index in [0.29, 0.717) is 25.7 Å². The van der Waals surface area contributed by atoms with Gasteiger partial charge in [-0.1, -0.05) is 337 Å². The summed E-state index contributed by atoms with van der Waals surface area (Å²) >= 11 is 0. The molecule has 3 unspecified atom stereocenters. The number of carbonyl (C=O) groups excluding carboxylic acids is 4. The van der Waals surface area contributed by atoms with E-state index < -0.39 is 97.5 Å². The van der Waals surface area contributed by atoms with Gasteiger partial charge in [0.1, 0.15) is 19.3 Å². The van der Waals surface area contributed by atoms with Crippen molar-refractivity contribution in [3.8, 4) is 0 Å². The third kappa shape index (κ3) is 67.3. The molecule has 94 heavy (non-hydrogen) atoms. The monoisotopic (exact) mass is 1380 g/mol. The topological polar surface area (TPSA) is 237 Å². The number of rotatable bonds is 74. The SMILES string of the molecule is CCCCCCCCCCCCCCCCCCC(=O)OC[C@H](COP(=O)(O)OC[C@@H](O)COP(=O)(O)OC[C@@H](COC(=O)CCCCCCCCC)OC(=O)CCCCCCCCCCCCC(C)CC)OC(=O)CCCCCCCCCCCCCCCCC(C)C. The quantitative estimate of drug-likeness (QED) is 0.0222. The van der Waals surface area contributed by atoms with Gasteiger partial charge in [-0.2, -0.15) is 0 Å². The van der Waals surface area contributed by atoms with E-state index in [1.165, 1.54) is 193 Å². The molecule has 0 aliphatic rings. The number of unbranched alkanes of at least 4 members (excludes halogenated alkanes) is 43. The molecule has 6 atom stereocenters. The fraction of sp³-hybridized carbons (Fsp3) is 0.947. The molecule has 19 heteroatoms. The first-order valence-electron chi connectivity index (χ1n) is 39.0. The summed E-state index contributed by atoms with van der Waals surface area (Å²) in [4.78, 5) is 72.7. The average molecular weight is 1380 g/mol. The Balaban J connectivity index is 5.20. The van der Waals surface area contributed by atoms with Gasteiger partial charge in [-0.15, -0.1) is 0 Å². The number of phosphoric acid groups is 2. The maximum atomic E-state index is 13.1. The summed E-state index contributed by atoms with van der Waals surface area (Å²) in [5, 5.41) is 10.6. The molecule has 0 bridgehead atoms. The van der Waals surface area contributed by atoms with Gasteiger partial charge < -0.3 is 33.8 Å². The van der Waals surface area contributed by atoms with Crippen LogP contribution in [0.3, 0.4) is 0 Å². The van der Waals surface area contributed by atoms with Gasteiger partial charge in [-0.05, 0) is 37.5 Å². The van der Waals surface area contributed by atoms with Crippen molar-refractivity contribution in [2.24, 2.45) is 11.8 Å². The first-order chi connectivity index (χ1) is 45.4. The number of aliphatic hydroxyl groups is 1. The number of esters is 4. The average Bonchev–Trinajstić information content (AvgIpc) is 1.19. The van der Waals surface area contributed by atoms with Crippen LogP contribution in [-0.4, -0.2) is 96.7 Å². The molecule has 0 saturated carbocycles. The molecule has 558 valence electrons. The maximum Gasteiger partial charge on any atom is 0.472 e. The summed E-state index contributed by atoms with van der Waals surface area (Å²) in [6.45, 7) is 9.60. The molecule has 0 amide bonds. The molecule has 17 nitrogen and oxygen atoms in total. The molecule has 0 radical (unpaired) electrons. The van der Waals surface area contributed by atoms with Gasteiger partial charge >= 0.3 is 39.5 Å². The van der Waals surface area contributed by atoms with Crippen molar-refractivity contribution in [1.29, 1.82) is 0 Å². The molecule has 0 aromatic carbocycles. The summed E-state index contributed by atoms with van der Waals surface area (Å²) in [6, 6.07) is 0. The van der Waals surface area contributed by atoms with Gasteiger partial charge in [0, 0.05) is 25.7 Å². The molecule has 0 aliphatic heterocycles. The Labute approximate surface area is 575 Å². The standard InChI is InChI=1S/C75H146O17P2/c1-7-10-12-14-16-17-18-19-20-21-25-28-34-40-46-52-58-73(78)86-64-71(92-74(79)59-53-47-41-35-29-26-23-22-24-27-32-38-43-49-55-67(4)5)66-90-94(83,84)88-62-69(76)61-87-93(81,82)89-65-70(63-85-72(77)57-51-45-37-15-13-11-8-2)91-75(80)60-54-48-42-36-31-30-33-39-44-50-56-68(6)9-3/h67-71,76H,7-66H2,1-6H3,(H,81,82)(H,83,84)/t68?,69-,70+,71+/m0/s1. The lowest BCUT2D eigenvalue weighted by atomic mass is 9.99. The van der Waals surface area contributed by atoms with Crippen LogP contribution in [0.2, 0.25) is 0 Å². The van der Waals surface area contributed by atoms with E-state index in [1.54, 1.807) is 0 Å². The Kier molecular flexibility index (Phi) is 65.5. The van der Waals surface area contributed by atoms with Gasteiger partial charge in [0.2, 0.25) is 0 Å². The van der Waals surface area contributed by atoms with Crippen LogP contribution in [0.4, 0.5) is 0 Å². The van der Waals surface area contributed by atoms with Gasteiger partial charge in [0.05, 0.1) is 26.4 Å². The third-order valence-corrected chi connectivity index (χ3v) is 19.7. The highest BCUT2D eigenvalue weighted by atomic mass is 31.2. The van der Waals surface area contributed by atoms with Crippen molar-refractivity contribution in [3.05, 3.63) is 0 Å². The highest BCUT2D eigenvalue weighted by molar-refractivity contribution is 7.47. The van der Waals surface area contributed by atoms with E-state index >= 15 is 0 Å². The largest absolute Gasteiger partial charge is 0.472 e. The van der Waals surface area contributed by atoms with Crippen LogP contribution in [-0.2, 0) is 65.4 Å². The Morgan fingerprint density at radius 1 is 0.309 bits per heavy atom. The Hall–Kier alpha value is -1.94. The second-order valence-electron chi connectivity index (χ2n) is 27.8. The molecular weight excluding hydrogens is 1230 g/mol. The zero-order valence-electron chi connectivity index (χ0n) is 61.3. The lowest BCUT2D eigenvalue weighted by Gasteiger charge is -2.21. The zero-order chi connectivity index (χ0) is 69.3. The van der Waals surface area contributed by atoms with Crippen LogP contribution < -0.4 is 0 Å². The molecule has 0 rings (SSSR count). The number of phosphoric ester groups is 2. The minimum Gasteiger partial charge on any atom is -0.462 e. The molecule has 0 aromatic rings. The third-order valence-electron chi connectivity index (χ3n) is 17.8. The van der Waals surface area contributed by atoms with Crippen molar-refractivity contribution < 1.29 is 80.2 Å². The van der Waals surface area contributed by atoms with Crippen molar-refractivity contribution in [1.82, 2.24) is 0 Å². The van der Waals surface area contributed by atoms with E-state index in [0.717, 1.165) is 115 Å². The van der Waals surface area contributed by atoms with E-state index in [2.05, 4.69) is 41.5 Å². The second kappa shape index (κ2) is 66.9. The highest BCUT2D eigenvalue weighted by Gasteiger charge is 2.30. The molecule has 0 heterocycles. The Bertz CT molecular complexity index is 1820. The van der Waals surface area contributed by atoms with Crippen LogP contribution in [0.5, 0.6) is 0 Å². The molecular formula is C75H146O17P2. The smallest absolute Gasteiger partial charge is 0.462 e. The Morgan fingerprint density at radius 2 is 0.543 bits per heavy atom. The van der Waals surface area contributed by atoms with Crippen LogP contribution in [0, 0.1) is 11.8 Å². The van der Waals surface area contributed by atoms with Crippen LogP contribution in [0.15, 0.2) is 0 Å². The second-order valence-corrected chi connectivity index (χ2v) is 30.7. The van der Waals surface area contributed by atoms with E-state index in [-0.39, 0.29) is 25.7 Å². The number of hydrogen-bond donors (Lipinski definition) is 3. The summed E-state index contributed by atoms with van der Waals surface area (Å²) in [5.41, 5.74) is 0. The summed E-state index contributed by atoms with van der Waals surface area (Å²) in [6.07, 6.45) is 54.1. The predicted molar refractivity (Wildman–Crippen MR) is 381 cm³/mol. The number of carbonyl (C=O) groups is 4. The minimum atomic E-state index is -4.96. The fourth-order valence-electron chi connectivity index (χ4n) is 11.4. The lowest BCUT2D eigenvalue weighted by molar-refractivity contribution is -0.161. The first kappa shape index (κ1) is 92.1. The van der Waals surface area contributed by atoms with Gasteiger partial charge in [-0.25, -0.2) is 9.13 Å². The fourth-order valence-corrected chi connectivity index (χ4v) is 13.0. The van der Waals surface area contributed by atoms with E-state index in [9.17, 15) is 43.2 Å². The van der Waals surface area contributed by atoms with Crippen molar-refractivity contribution in [2.75, 3.05) is 39.6 Å². The normalized spacial score (nSPS) is 14.3. The first-order valence-corrected chi connectivity index (χ1v) is 42.0. The summed E-state index contributed by atoms with van der Waals surface area (Å²) < 4.78 is 68.4. The Morgan fingerprint density at radius 3 is 0.809 bits per heavy atom. The van der Waals surface area contributed by atoms with Crippen LogP contribution >= 0.6 is 15.6 Å².